The van der Waals surface area contributed by atoms with E-state index < -0.39 is 11.7 Å². The van der Waals surface area contributed by atoms with E-state index in [0.29, 0.717) is 50.8 Å². The van der Waals surface area contributed by atoms with Crippen molar-refractivity contribution in [1.82, 2.24) is 25.1 Å². The van der Waals surface area contributed by atoms with E-state index in [1.807, 2.05) is 18.2 Å². The van der Waals surface area contributed by atoms with Gasteiger partial charge in [-0.1, -0.05) is 18.2 Å². The SMILES string of the molecule is O=C(CCCCc1n[nH]c(=O)c2ccccc12)N1CCN(c2ncc(C(F)(F)F)cn2)CC1. The van der Waals surface area contributed by atoms with Gasteiger partial charge in [0, 0.05) is 50.4 Å². The van der Waals surface area contributed by atoms with Crippen LogP contribution in [0.15, 0.2) is 41.5 Å². The number of nitrogens with zero attached hydrogens (tertiary/aromatic N) is 5. The maximum absolute atomic E-state index is 12.7. The molecule has 8 nitrogen and oxygen atoms in total. The second kappa shape index (κ2) is 9.55. The van der Waals surface area contributed by atoms with Crippen LogP contribution < -0.4 is 10.5 Å². The number of nitrogens with one attached hydrogen (secondary N) is 1. The molecule has 2 aromatic heterocycles. The van der Waals surface area contributed by atoms with Crippen LogP contribution in [0.25, 0.3) is 10.8 Å². The van der Waals surface area contributed by atoms with E-state index in [1.54, 1.807) is 15.9 Å². The summed E-state index contributed by atoms with van der Waals surface area (Å²) in [4.78, 5) is 35.6. The van der Waals surface area contributed by atoms with Gasteiger partial charge in [-0.05, 0) is 25.3 Å². The van der Waals surface area contributed by atoms with Crippen LogP contribution >= 0.6 is 0 Å². The van der Waals surface area contributed by atoms with E-state index in [9.17, 15) is 22.8 Å². The highest BCUT2D eigenvalue weighted by Crippen LogP contribution is 2.28. The largest absolute Gasteiger partial charge is 0.419 e. The van der Waals surface area contributed by atoms with E-state index in [2.05, 4.69) is 20.2 Å². The van der Waals surface area contributed by atoms with Crippen LogP contribution in [-0.2, 0) is 17.4 Å². The Hall–Kier alpha value is -3.50. The van der Waals surface area contributed by atoms with Crippen molar-refractivity contribution in [3.05, 3.63) is 58.3 Å². The zero-order valence-electron chi connectivity index (χ0n) is 17.8. The summed E-state index contributed by atoms with van der Waals surface area (Å²) in [5, 5.41) is 8.11. The summed E-state index contributed by atoms with van der Waals surface area (Å²) in [6.45, 7) is 1.86. The molecule has 1 N–H and O–H groups in total. The third-order valence-corrected chi connectivity index (χ3v) is 5.71. The van der Waals surface area contributed by atoms with Crippen molar-refractivity contribution < 1.29 is 18.0 Å². The normalized spacial score (nSPS) is 14.6. The number of carbonyl (C=O) groups is 1. The molecule has 1 fully saturated rings. The number of halogens is 3. The standard InChI is InChI=1S/C22H23F3N6O2/c23-22(24,25)15-13-26-21(27-14-15)31-11-9-30(10-12-31)19(32)8-4-3-7-18-16-5-1-2-6-17(16)20(33)29-28-18/h1-2,5-6,13-14H,3-4,7-12H2,(H,29,33). The number of alkyl halides is 3. The van der Waals surface area contributed by atoms with Gasteiger partial charge in [-0.25, -0.2) is 15.1 Å². The summed E-state index contributed by atoms with van der Waals surface area (Å²) in [5.41, 5.74) is -0.293. The van der Waals surface area contributed by atoms with E-state index in [-0.39, 0.29) is 17.4 Å². The number of amides is 1. The summed E-state index contributed by atoms with van der Waals surface area (Å²) in [7, 11) is 0. The lowest BCUT2D eigenvalue weighted by atomic mass is 10.1. The Labute approximate surface area is 187 Å². The van der Waals surface area contributed by atoms with E-state index in [4.69, 9.17) is 0 Å². The lowest BCUT2D eigenvalue weighted by molar-refractivity contribution is -0.138. The first-order chi connectivity index (χ1) is 15.8. The molecular weight excluding hydrogens is 437 g/mol. The summed E-state index contributed by atoms with van der Waals surface area (Å²) in [6, 6.07) is 7.31. The van der Waals surface area contributed by atoms with Crippen molar-refractivity contribution >= 4 is 22.6 Å². The summed E-state index contributed by atoms with van der Waals surface area (Å²) >= 11 is 0. The van der Waals surface area contributed by atoms with Crippen molar-refractivity contribution in [3.8, 4) is 0 Å². The maximum Gasteiger partial charge on any atom is 0.419 e. The van der Waals surface area contributed by atoms with Gasteiger partial charge in [-0.2, -0.15) is 18.3 Å². The van der Waals surface area contributed by atoms with Crippen LogP contribution in [0.3, 0.4) is 0 Å². The van der Waals surface area contributed by atoms with Gasteiger partial charge in [-0.3, -0.25) is 9.59 Å². The molecule has 3 heterocycles. The third-order valence-electron chi connectivity index (χ3n) is 5.71. The van der Waals surface area contributed by atoms with Crippen LogP contribution in [-0.4, -0.2) is 57.2 Å². The van der Waals surface area contributed by atoms with Crippen LogP contribution in [0.4, 0.5) is 19.1 Å². The molecule has 0 radical (unpaired) electrons. The highest BCUT2D eigenvalue weighted by molar-refractivity contribution is 5.83. The molecule has 1 aliphatic rings. The minimum atomic E-state index is -4.47. The zero-order valence-corrected chi connectivity index (χ0v) is 17.8. The molecule has 0 saturated carbocycles. The molecule has 0 bridgehead atoms. The molecule has 0 spiro atoms. The second-order valence-electron chi connectivity index (χ2n) is 7.89. The molecule has 1 aromatic carbocycles. The fourth-order valence-electron chi connectivity index (χ4n) is 3.88. The first-order valence-electron chi connectivity index (χ1n) is 10.7. The molecular formula is C22H23F3N6O2. The van der Waals surface area contributed by atoms with Gasteiger partial charge < -0.3 is 9.80 Å². The predicted molar refractivity (Wildman–Crippen MR) is 116 cm³/mol. The number of hydrogen-bond acceptors (Lipinski definition) is 6. The Kier molecular flexibility index (Phi) is 6.57. The quantitative estimate of drug-likeness (QED) is 0.569. The Morgan fingerprint density at radius 2 is 1.67 bits per heavy atom. The number of fused-ring (bicyclic) bond motifs is 1. The Morgan fingerprint density at radius 1 is 1.00 bits per heavy atom. The number of hydrogen-bond donors (Lipinski definition) is 1. The number of rotatable bonds is 6. The van der Waals surface area contributed by atoms with Crippen molar-refractivity contribution in [1.29, 1.82) is 0 Å². The average molecular weight is 460 g/mol. The lowest BCUT2D eigenvalue weighted by Crippen LogP contribution is -2.49. The second-order valence-corrected chi connectivity index (χ2v) is 7.89. The molecule has 1 amide bonds. The number of unbranched alkanes of at least 4 members (excludes halogenated alkanes) is 1. The topological polar surface area (TPSA) is 95.1 Å². The zero-order chi connectivity index (χ0) is 23.4. The number of aryl methyl sites for hydroxylation is 1. The molecule has 11 heteroatoms. The van der Waals surface area contributed by atoms with Crippen LogP contribution in [0.1, 0.15) is 30.5 Å². The van der Waals surface area contributed by atoms with E-state index >= 15 is 0 Å². The van der Waals surface area contributed by atoms with Gasteiger partial charge >= 0.3 is 6.18 Å². The van der Waals surface area contributed by atoms with E-state index in [0.717, 1.165) is 29.9 Å². The Morgan fingerprint density at radius 3 is 2.33 bits per heavy atom. The van der Waals surface area contributed by atoms with Crippen LogP contribution in [0.2, 0.25) is 0 Å². The van der Waals surface area contributed by atoms with E-state index in [1.165, 1.54) is 0 Å². The summed E-state index contributed by atoms with van der Waals surface area (Å²) < 4.78 is 38.0. The molecule has 4 rings (SSSR count). The molecule has 1 saturated heterocycles. The van der Waals surface area contributed by atoms with Crippen LogP contribution in [0.5, 0.6) is 0 Å². The van der Waals surface area contributed by atoms with Gasteiger partial charge in [0.2, 0.25) is 11.9 Å². The number of aromatic nitrogens is 4. The number of H-pyrrole nitrogens is 1. The van der Waals surface area contributed by atoms with Crippen molar-refractivity contribution in [2.75, 3.05) is 31.1 Å². The molecule has 3 aromatic rings. The minimum absolute atomic E-state index is 0.0438. The number of carbonyl (C=O) groups excluding carboxylic acids is 1. The number of aromatic amines is 1. The highest BCUT2D eigenvalue weighted by atomic mass is 19.4. The molecule has 33 heavy (non-hydrogen) atoms. The predicted octanol–water partition coefficient (Wildman–Crippen LogP) is 2.79. The summed E-state index contributed by atoms with van der Waals surface area (Å²) in [5.74, 6) is 0.276. The Balaban J connectivity index is 1.23. The van der Waals surface area contributed by atoms with Gasteiger partial charge in [0.15, 0.2) is 0 Å². The van der Waals surface area contributed by atoms with Gasteiger partial charge in [0.1, 0.15) is 0 Å². The monoisotopic (exact) mass is 460 g/mol. The number of benzene rings is 1. The average Bonchev–Trinajstić information content (AvgIpc) is 2.83. The Bertz CT molecular complexity index is 1170. The molecule has 1 aliphatic heterocycles. The van der Waals surface area contributed by atoms with Crippen LogP contribution in [0, 0.1) is 0 Å². The molecule has 174 valence electrons. The number of piperazine rings is 1. The smallest absolute Gasteiger partial charge is 0.339 e. The van der Waals surface area contributed by atoms with Crippen molar-refractivity contribution in [3.63, 3.8) is 0 Å². The maximum atomic E-state index is 12.7. The van der Waals surface area contributed by atoms with Crippen molar-refractivity contribution in [2.24, 2.45) is 0 Å². The first-order valence-corrected chi connectivity index (χ1v) is 10.7. The minimum Gasteiger partial charge on any atom is -0.339 e. The van der Waals surface area contributed by atoms with Crippen molar-refractivity contribution in [2.45, 2.75) is 31.9 Å². The van der Waals surface area contributed by atoms with Gasteiger partial charge in [-0.15, -0.1) is 0 Å². The molecule has 0 aliphatic carbocycles. The van der Waals surface area contributed by atoms with Gasteiger partial charge in [0.25, 0.3) is 5.56 Å². The molecule has 0 atom stereocenters. The number of anilines is 1. The fourth-order valence-corrected chi connectivity index (χ4v) is 3.88. The summed E-state index contributed by atoms with van der Waals surface area (Å²) in [6.07, 6.45) is -0.406. The molecule has 0 unspecified atom stereocenters. The highest BCUT2D eigenvalue weighted by Gasteiger charge is 2.32. The lowest BCUT2D eigenvalue weighted by Gasteiger charge is -2.34. The van der Waals surface area contributed by atoms with Gasteiger partial charge in [0.05, 0.1) is 16.6 Å². The fraction of sp³-hybridized carbons (Fsp3) is 0.409. The third kappa shape index (κ3) is 5.29. The first kappa shape index (κ1) is 22.7.